The number of hydrogen-bond donors (Lipinski definition) is 2. The summed E-state index contributed by atoms with van der Waals surface area (Å²) in [6.45, 7) is 2.56. The lowest BCUT2D eigenvalue weighted by Gasteiger charge is -2.22. The fourth-order valence-electron chi connectivity index (χ4n) is 2.64. The first-order valence-corrected chi connectivity index (χ1v) is 7.57. The van der Waals surface area contributed by atoms with Crippen molar-refractivity contribution in [2.75, 3.05) is 19.7 Å². The van der Waals surface area contributed by atoms with Gasteiger partial charge in [-0.2, -0.15) is 0 Å². The van der Waals surface area contributed by atoms with E-state index in [9.17, 15) is 9.59 Å². The van der Waals surface area contributed by atoms with Gasteiger partial charge in [0.25, 0.3) is 0 Å². The van der Waals surface area contributed by atoms with Gasteiger partial charge in [-0.25, -0.2) is 0 Å². The lowest BCUT2D eigenvalue weighted by molar-refractivity contribution is -0.129. The number of nitrogens with one attached hydrogen (secondary N) is 1. The van der Waals surface area contributed by atoms with Gasteiger partial charge in [0.2, 0.25) is 11.8 Å². The van der Waals surface area contributed by atoms with Crippen LogP contribution in [0, 0.1) is 0 Å². The smallest absolute Gasteiger partial charge is 0.220 e. The second-order valence-electron chi connectivity index (χ2n) is 5.38. The predicted molar refractivity (Wildman–Crippen MR) is 79.8 cm³/mol. The SMILES string of the molecule is CC(=O)N1CCCC1c1cnc(CCC(=O)NCCO)cn1. The highest BCUT2D eigenvalue weighted by Crippen LogP contribution is 2.30. The Labute approximate surface area is 129 Å². The molecule has 2 heterocycles. The molecule has 0 aliphatic carbocycles. The Morgan fingerprint density at radius 1 is 1.41 bits per heavy atom. The van der Waals surface area contributed by atoms with Crippen molar-refractivity contribution in [2.24, 2.45) is 0 Å². The first-order valence-electron chi connectivity index (χ1n) is 7.57. The van der Waals surface area contributed by atoms with Gasteiger partial charge < -0.3 is 15.3 Å². The van der Waals surface area contributed by atoms with Crippen molar-refractivity contribution < 1.29 is 14.7 Å². The van der Waals surface area contributed by atoms with Crippen LogP contribution in [0.3, 0.4) is 0 Å². The minimum Gasteiger partial charge on any atom is -0.395 e. The fourth-order valence-corrected chi connectivity index (χ4v) is 2.64. The number of likely N-dealkylation sites (tertiary alicyclic amines) is 1. The molecule has 7 heteroatoms. The van der Waals surface area contributed by atoms with Crippen LogP contribution in [-0.4, -0.2) is 51.5 Å². The van der Waals surface area contributed by atoms with Crippen molar-refractivity contribution in [3.63, 3.8) is 0 Å². The van der Waals surface area contributed by atoms with Crippen molar-refractivity contribution in [1.82, 2.24) is 20.2 Å². The van der Waals surface area contributed by atoms with E-state index in [0.717, 1.165) is 30.8 Å². The summed E-state index contributed by atoms with van der Waals surface area (Å²) in [6, 6.07) is 0.0203. The van der Waals surface area contributed by atoms with Crippen LogP contribution < -0.4 is 5.32 Å². The summed E-state index contributed by atoms with van der Waals surface area (Å²) < 4.78 is 0. The Balaban J connectivity index is 1.90. The van der Waals surface area contributed by atoms with Crippen LogP contribution in [0.25, 0.3) is 0 Å². The zero-order valence-corrected chi connectivity index (χ0v) is 12.8. The maximum atomic E-state index is 11.6. The normalized spacial score (nSPS) is 17.5. The van der Waals surface area contributed by atoms with Gasteiger partial charge in [-0.05, 0) is 19.3 Å². The maximum Gasteiger partial charge on any atom is 0.220 e. The van der Waals surface area contributed by atoms with Gasteiger partial charge in [-0.3, -0.25) is 19.6 Å². The zero-order valence-electron chi connectivity index (χ0n) is 12.8. The molecule has 1 fully saturated rings. The van der Waals surface area contributed by atoms with Crippen molar-refractivity contribution in [3.8, 4) is 0 Å². The molecule has 1 aliphatic heterocycles. The van der Waals surface area contributed by atoms with Gasteiger partial charge >= 0.3 is 0 Å². The lowest BCUT2D eigenvalue weighted by atomic mass is 10.1. The molecule has 1 unspecified atom stereocenters. The van der Waals surface area contributed by atoms with Crippen LogP contribution in [0.5, 0.6) is 0 Å². The van der Waals surface area contributed by atoms with Gasteiger partial charge in [0.1, 0.15) is 0 Å². The van der Waals surface area contributed by atoms with Gasteiger partial charge in [-0.15, -0.1) is 0 Å². The van der Waals surface area contributed by atoms with Crippen molar-refractivity contribution in [2.45, 2.75) is 38.6 Å². The molecule has 1 atom stereocenters. The number of amides is 2. The third-order valence-corrected chi connectivity index (χ3v) is 3.77. The van der Waals surface area contributed by atoms with E-state index < -0.39 is 0 Å². The number of hydrogen-bond acceptors (Lipinski definition) is 5. The highest BCUT2D eigenvalue weighted by atomic mass is 16.3. The summed E-state index contributed by atoms with van der Waals surface area (Å²) >= 11 is 0. The number of rotatable bonds is 6. The summed E-state index contributed by atoms with van der Waals surface area (Å²) in [5.74, 6) is -0.0487. The topological polar surface area (TPSA) is 95.4 Å². The predicted octanol–water partition coefficient (Wildman–Crippen LogP) is 0.201. The van der Waals surface area contributed by atoms with Crippen molar-refractivity contribution in [1.29, 1.82) is 0 Å². The van der Waals surface area contributed by atoms with Crippen LogP contribution in [0.15, 0.2) is 12.4 Å². The second kappa shape index (κ2) is 7.84. The molecule has 0 radical (unpaired) electrons. The molecule has 1 aliphatic rings. The van der Waals surface area contributed by atoms with E-state index >= 15 is 0 Å². The maximum absolute atomic E-state index is 11.6. The van der Waals surface area contributed by atoms with E-state index in [1.165, 1.54) is 0 Å². The molecule has 0 saturated carbocycles. The van der Waals surface area contributed by atoms with Gasteiger partial charge in [0.15, 0.2) is 0 Å². The second-order valence-corrected chi connectivity index (χ2v) is 5.38. The Hall–Kier alpha value is -2.02. The Morgan fingerprint density at radius 3 is 2.86 bits per heavy atom. The third-order valence-electron chi connectivity index (χ3n) is 3.77. The summed E-state index contributed by atoms with van der Waals surface area (Å²) in [4.78, 5) is 33.6. The van der Waals surface area contributed by atoms with Gasteiger partial charge in [0.05, 0.1) is 30.2 Å². The fraction of sp³-hybridized carbons (Fsp3) is 0.600. The highest BCUT2D eigenvalue weighted by molar-refractivity contribution is 5.76. The molecule has 22 heavy (non-hydrogen) atoms. The minimum absolute atomic E-state index is 0.0203. The van der Waals surface area contributed by atoms with Crippen LogP contribution in [0.2, 0.25) is 0 Å². The van der Waals surface area contributed by atoms with Crippen molar-refractivity contribution >= 4 is 11.8 Å². The van der Waals surface area contributed by atoms with Crippen LogP contribution in [-0.2, 0) is 16.0 Å². The minimum atomic E-state index is -0.113. The average Bonchev–Trinajstić information content (AvgIpc) is 3.01. The van der Waals surface area contributed by atoms with Crippen molar-refractivity contribution in [3.05, 3.63) is 23.8 Å². The molecule has 120 valence electrons. The standard InChI is InChI=1S/C15H22N4O3/c1-11(21)19-7-2-3-14(19)13-10-17-12(9-18-13)4-5-15(22)16-6-8-20/h9-10,14,20H,2-8H2,1H3,(H,16,22). The summed E-state index contributed by atoms with van der Waals surface area (Å²) in [5, 5.41) is 11.2. The van der Waals surface area contributed by atoms with Gasteiger partial charge in [0, 0.05) is 32.6 Å². The summed E-state index contributed by atoms with van der Waals surface area (Å²) in [5.41, 5.74) is 1.55. The van der Waals surface area contributed by atoms with E-state index in [2.05, 4.69) is 15.3 Å². The quantitative estimate of drug-likeness (QED) is 0.783. The van der Waals surface area contributed by atoms with E-state index in [0.29, 0.717) is 12.8 Å². The largest absolute Gasteiger partial charge is 0.395 e. The highest BCUT2D eigenvalue weighted by Gasteiger charge is 2.28. The molecule has 2 N–H and O–H groups in total. The molecule has 2 amide bonds. The molecule has 0 aromatic carbocycles. The zero-order chi connectivity index (χ0) is 15.9. The van der Waals surface area contributed by atoms with Crippen LogP contribution in [0.4, 0.5) is 0 Å². The first kappa shape index (κ1) is 16.4. The molecule has 1 aromatic rings. The van der Waals surface area contributed by atoms with E-state index in [-0.39, 0.29) is 31.0 Å². The molecular weight excluding hydrogens is 284 g/mol. The Morgan fingerprint density at radius 2 is 2.23 bits per heavy atom. The van der Waals surface area contributed by atoms with E-state index in [1.54, 1.807) is 19.3 Å². The number of carbonyl (C=O) groups is 2. The lowest BCUT2D eigenvalue weighted by Crippen LogP contribution is -2.28. The molecule has 0 spiro atoms. The van der Waals surface area contributed by atoms with Crippen LogP contribution >= 0.6 is 0 Å². The van der Waals surface area contributed by atoms with Crippen LogP contribution in [0.1, 0.15) is 43.6 Å². The number of aliphatic hydroxyl groups excluding tert-OH is 1. The summed E-state index contributed by atoms with van der Waals surface area (Å²) in [6.07, 6.45) is 6.09. The molecule has 0 bridgehead atoms. The molecule has 2 rings (SSSR count). The average molecular weight is 306 g/mol. The number of aliphatic hydroxyl groups is 1. The monoisotopic (exact) mass is 306 g/mol. The first-order chi connectivity index (χ1) is 10.6. The molecule has 1 saturated heterocycles. The molecular formula is C15H22N4O3. The van der Waals surface area contributed by atoms with E-state index in [4.69, 9.17) is 5.11 Å². The number of aryl methyl sites for hydroxylation is 1. The third kappa shape index (κ3) is 4.24. The number of aromatic nitrogens is 2. The number of carbonyl (C=O) groups excluding carboxylic acids is 2. The number of nitrogens with zero attached hydrogens (tertiary/aromatic N) is 3. The Bertz CT molecular complexity index is 518. The van der Waals surface area contributed by atoms with Gasteiger partial charge in [-0.1, -0.05) is 0 Å². The van der Waals surface area contributed by atoms with E-state index in [1.807, 2.05) is 4.90 Å². The Kier molecular flexibility index (Phi) is 5.83. The molecule has 1 aromatic heterocycles. The molecule has 7 nitrogen and oxygen atoms in total. The summed E-state index contributed by atoms with van der Waals surface area (Å²) in [7, 11) is 0.